The van der Waals surface area contributed by atoms with Crippen molar-refractivity contribution in [3.8, 4) is 0 Å². The second-order valence-corrected chi connectivity index (χ2v) is 19.7. The summed E-state index contributed by atoms with van der Waals surface area (Å²) in [5.74, 6) is -0.177. The van der Waals surface area contributed by atoms with Gasteiger partial charge in [0, 0.05) is 6.42 Å². The van der Waals surface area contributed by atoms with Gasteiger partial charge in [-0.15, -0.1) is 0 Å². The predicted octanol–water partition coefficient (Wildman–Crippen LogP) is 13.6. The van der Waals surface area contributed by atoms with Crippen molar-refractivity contribution in [3.63, 3.8) is 0 Å². The second kappa shape index (κ2) is 47.1. The number of amides is 1. The Balaban J connectivity index is 2.02. The van der Waals surface area contributed by atoms with Crippen LogP contribution in [0.25, 0.3) is 0 Å². The molecule has 0 aromatic rings. The largest absolute Gasteiger partial charge is 0.394 e. The maximum Gasteiger partial charge on any atom is 0.220 e. The number of hydrogen-bond donors (Lipinski definition) is 6. The molecular formula is C57H107NO8. The highest BCUT2D eigenvalue weighted by Gasteiger charge is 2.44. The molecule has 0 saturated carbocycles. The van der Waals surface area contributed by atoms with Gasteiger partial charge in [-0.05, 0) is 51.4 Å². The SMILES string of the molecule is CCCCCCC/C=C\C/C=C\CCCCCCCCCCCCCCCCCCCCCCCCCC(=O)NC(COC1OC(CO)C(O)C(O)C1O)C(O)/C=C/CCCCCCCC. The molecule has 1 heterocycles. The highest BCUT2D eigenvalue weighted by Crippen LogP contribution is 2.23. The molecule has 7 atom stereocenters. The average molecular weight is 934 g/mol. The molecule has 9 heteroatoms. The first kappa shape index (κ1) is 62.4. The number of rotatable bonds is 48. The van der Waals surface area contributed by atoms with E-state index in [2.05, 4.69) is 43.5 Å². The molecule has 1 aliphatic heterocycles. The molecule has 0 aromatic carbocycles. The van der Waals surface area contributed by atoms with Crippen molar-refractivity contribution in [1.82, 2.24) is 5.32 Å². The van der Waals surface area contributed by atoms with Crippen LogP contribution in [-0.2, 0) is 14.3 Å². The molecule has 0 spiro atoms. The van der Waals surface area contributed by atoms with Gasteiger partial charge in [0.25, 0.3) is 0 Å². The minimum Gasteiger partial charge on any atom is -0.394 e. The van der Waals surface area contributed by atoms with Crippen LogP contribution in [0, 0.1) is 0 Å². The monoisotopic (exact) mass is 934 g/mol. The molecule has 0 bridgehead atoms. The topological polar surface area (TPSA) is 149 Å². The minimum absolute atomic E-state index is 0.177. The summed E-state index contributed by atoms with van der Waals surface area (Å²) < 4.78 is 11.2. The lowest BCUT2D eigenvalue weighted by Gasteiger charge is -2.40. The number of aliphatic hydroxyl groups is 5. The number of allylic oxidation sites excluding steroid dienone is 5. The molecule has 0 aliphatic carbocycles. The summed E-state index contributed by atoms with van der Waals surface area (Å²) in [5, 5.41) is 54.1. The fraction of sp³-hybridized carbons (Fsp3) is 0.877. The zero-order valence-corrected chi connectivity index (χ0v) is 43.0. The van der Waals surface area contributed by atoms with Crippen molar-refractivity contribution in [2.24, 2.45) is 0 Å². The average Bonchev–Trinajstić information content (AvgIpc) is 3.32. The van der Waals surface area contributed by atoms with Crippen LogP contribution in [0.15, 0.2) is 36.5 Å². The number of carbonyl (C=O) groups is 1. The molecule has 1 rings (SSSR count). The van der Waals surface area contributed by atoms with Gasteiger partial charge in [0.1, 0.15) is 24.4 Å². The Hall–Kier alpha value is -1.59. The Morgan fingerprint density at radius 2 is 0.894 bits per heavy atom. The van der Waals surface area contributed by atoms with Crippen molar-refractivity contribution >= 4 is 5.91 Å². The minimum atomic E-state index is -1.56. The first-order valence-electron chi connectivity index (χ1n) is 28.2. The van der Waals surface area contributed by atoms with Gasteiger partial charge < -0.3 is 40.3 Å². The number of carbonyl (C=O) groups excluding carboxylic acids is 1. The van der Waals surface area contributed by atoms with Crippen molar-refractivity contribution in [2.45, 2.75) is 307 Å². The van der Waals surface area contributed by atoms with Gasteiger partial charge in [-0.25, -0.2) is 0 Å². The summed E-state index contributed by atoms with van der Waals surface area (Å²) >= 11 is 0. The summed E-state index contributed by atoms with van der Waals surface area (Å²) in [6.45, 7) is 3.73. The van der Waals surface area contributed by atoms with E-state index in [1.54, 1.807) is 6.08 Å². The lowest BCUT2D eigenvalue weighted by Crippen LogP contribution is -2.60. The molecule has 7 unspecified atom stereocenters. The molecule has 1 saturated heterocycles. The fourth-order valence-electron chi connectivity index (χ4n) is 8.95. The zero-order valence-electron chi connectivity index (χ0n) is 43.0. The first-order valence-corrected chi connectivity index (χ1v) is 28.2. The second-order valence-electron chi connectivity index (χ2n) is 19.7. The summed E-state index contributed by atoms with van der Waals surface area (Å²) in [6, 6.07) is -0.800. The molecular weight excluding hydrogens is 827 g/mol. The van der Waals surface area contributed by atoms with E-state index in [0.717, 1.165) is 44.9 Å². The Kier molecular flexibility index (Phi) is 44.6. The van der Waals surface area contributed by atoms with Gasteiger partial charge >= 0.3 is 0 Å². The molecule has 6 N–H and O–H groups in total. The number of hydrogen-bond acceptors (Lipinski definition) is 8. The smallest absolute Gasteiger partial charge is 0.220 e. The maximum absolute atomic E-state index is 13.0. The molecule has 9 nitrogen and oxygen atoms in total. The van der Waals surface area contributed by atoms with E-state index < -0.39 is 49.5 Å². The quantitative estimate of drug-likeness (QED) is 0.0261. The van der Waals surface area contributed by atoms with Crippen LogP contribution in [-0.4, -0.2) is 87.5 Å². The Labute approximate surface area is 406 Å². The van der Waals surface area contributed by atoms with Crippen LogP contribution in [0.3, 0.4) is 0 Å². The van der Waals surface area contributed by atoms with E-state index in [4.69, 9.17) is 9.47 Å². The van der Waals surface area contributed by atoms with Crippen LogP contribution >= 0.6 is 0 Å². The maximum atomic E-state index is 13.0. The molecule has 1 aliphatic rings. The normalized spacial score (nSPS) is 20.0. The van der Waals surface area contributed by atoms with Gasteiger partial charge in [0.15, 0.2) is 6.29 Å². The van der Waals surface area contributed by atoms with E-state index in [0.29, 0.717) is 6.42 Å². The lowest BCUT2D eigenvalue weighted by atomic mass is 9.99. The van der Waals surface area contributed by atoms with E-state index in [1.165, 1.54) is 199 Å². The van der Waals surface area contributed by atoms with E-state index >= 15 is 0 Å². The summed E-state index contributed by atoms with van der Waals surface area (Å²) in [6.07, 6.45) is 54.0. The van der Waals surface area contributed by atoms with Crippen LogP contribution in [0.1, 0.15) is 264 Å². The van der Waals surface area contributed by atoms with Gasteiger partial charge in [0.05, 0.1) is 25.4 Å². The van der Waals surface area contributed by atoms with Gasteiger partial charge in [0.2, 0.25) is 5.91 Å². The van der Waals surface area contributed by atoms with Crippen LogP contribution in [0.2, 0.25) is 0 Å². The predicted molar refractivity (Wildman–Crippen MR) is 276 cm³/mol. The first-order chi connectivity index (χ1) is 32.3. The highest BCUT2D eigenvalue weighted by molar-refractivity contribution is 5.76. The molecule has 1 amide bonds. The summed E-state index contributed by atoms with van der Waals surface area (Å²) in [4.78, 5) is 13.0. The summed E-state index contributed by atoms with van der Waals surface area (Å²) in [5.41, 5.74) is 0. The Morgan fingerprint density at radius 3 is 1.30 bits per heavy atom. The third-order valence-corrected chi connectivity index (χ3v) is 13.5. The van der Waals surface area contributed by atoms with Crippen LogP contribution < -0.4 is 5.32 Å². The van der Waals surface area contributed by atoms with E-state index in [-0.39, 0.29) is 12.5 Å². The molecule has 0 radical (unpaired) electrons. The Bertz CT molecular complexity index is 1130. The van der Waals surface area contributed by atoms with E-state index in [9.17, 15) is 30.3 Å². The number of ether oxygens (including phenoxy) is 2. The van der Waals surface area contributed by atoms with Crippen LogP contribution in [0.5, 0.6) is 0 Å². The molecule has 0 aromatic heterocycles. The van der Waals surface area contributed by atoms with Gasteiger partial charge in [-0.2, -0.15) is 0 Å². The third kappa shape index (κ3) is 36.4. The van der Waals surface area contributed by atoms with E-state index in [1.807, 2.05) is 6.08 Å². The van der Waals surface area contributed by atoms with Gasteiger partial charge in [-0.3, -0.25) is 4.79 Å². The molecule has 66 heavy (non-hydrogen) atoms. The van der Waals surface area contributed by atoms with Crippen molar-refractivity contribution in [2.75, 3.05) is 13.2 Å². The van der Waals surface area contributed by atoms with Gasteiger partial charge in [-0.1, -0.05) is 243 Å². The summed E-state index contributed by atoms with van der Waals surface area (Å²) in [7, 11) is 0. The third-order valence-electron chi connectivity index (χ3n) is 13.5. The molecule has 388 valence electrons. The van der Waals surface area contributed by atoms with Crippen molar-refractivity contribution in [1.29, 1.82) is 0 Å². The van der Waals surface area contributed by atoms with Crippen LogP contribution in [0.4, 0.5) is 0 Å². The molecule has 1 fully saturated rings. The number of unbranched alkanes of at least 4 members (excludes halogenated alkanes) is 34. The zero-order chi connectivity index (χ0) is 48.0. The number of nitrogens with one attached hydrogen (secondary N) is 1. The van der Waals surface area contributed by atoms with Crippen molar-refractivity contribution < 1.29 is 39.8 Å². The van der Waals surface area contributed by atoms with Crippen molar-refractivity contribution in [3.05, 3.63) is 36.5 Å². The Morgan fingerprint density at radius 1 is 0.515 bits per heavy atom. The lowest BCUT2D eigenvalue weighted by molar-refractivity contribution is -0.302. The standard InChI is InChI=1S/C57H107NO8/c1-3-5-7-9-11-13-14-15-16-17-18-19-20-21-22-23-24-25-26-27-28-29-30-31-32-33-34-35-36-37-38-39-41-43-45-47-53(61)58-50(51(60)46-44-42-40-12-10-8-6-4-2)49-65-57-56(64)55(63)54(62)52(48-59)66-57/h14-15,17-18,44,46,50-52,54-57,59-60,62-64H,3-13,16,19-43,45,47-49H2,1-2H3,(H,58,61)/b15-14-,18-17-,46-44+. The highest BCUT2D eigenvalue weighted by atomic mass is 16.7. The number of aliphatic hydroxyl groups excluding tert-OH is 5. The fourth-order valence-corrected chi connectivity index (χ4v) is 8.95.